The summed E-state index contributed by atoms with van der Waals surface area (Å²) in [5.41, 5.74) is 9.99. The van der Waals surface area contributed by atoms with Gasteiger partial charge in [-0.15, -0.1) is 10.2 Å². The second-order valence-electron chi connectivity index (χ2n) is 4.98. The Balaban J connectivity index is 1.71. The summed E-state index contributed by atoms with van der Waals surface area (Å²) in [6.07, 6.45) is 0. The van der Waals surface area contributed by atoms with Crippen LogP contribution in [-0.2, 0) is 0 Å². The summed E-state index contributed by atoms with van der Waals surface area (Å²) in [6.45, 7) is -0.0512. The summed E-state index contributed by atoms with van der Waals surface area (Å²) in [5.74, 6) is 0.278. The number of hydrogen-bond donors (Lipinski definition) is 2. The number of ether oxygens (including phenoxy) is 1. The first-order chi connectivity index (χ1) is 12.1. The molecule has 2 aromatic rings. The molecule has 0 aromatic heterocycles. The Labute approximate surface area is 142 Å². The van der Waals surface area contributed by atoms with E-state index >= 15 is 0 Å². The Bertz CT molecular complexity index is 876. The van der Waals surface area contributed by atoms with Crippen molar-refractivity contribution in [3.05, 3.63) is 64.7 Å². The lowest BCUT2D eigenvalue weighted by molar-refractivity contribution is -0.385. The van der Waals surface area contributed by atoms with E-state index in [9.17, 15) is 10.1 Å². The molecule has 0 amide bonds. The van der Waals surface area contributed by atoms with Crippen molar-refractivity contribution in [1.82, 2.24) is 0 Å². The Kier molecular flexibility index (Phi) is 4.65. The van der Waals surface area contributed by atoms with Crippen molar-refractivity contribution in [3.63, 3.8) is 0 Å². The van der Waals surface area contributed by atoms with E-state index in [4.69, 9.17) is 10.5 Å². The van der Waals surface area contributed by atoms with Gasteiger partial charge < -0.3 is 10.5 Å². The van der Waals surface area contributed by atoms with Gasteiger partial charge in [0.2, 0.25) is 0 Å². The second-order valence-corrected chi connectivity index (χ2v) is 4.98. The van der Waals surface area contributed by atoms with Crippen LogP contribution in [0.1, 0.15) is 0 Å². The van der Waals surface area contributed by atoms with Crippen LogP contribution in [0.4, 0.5) is 11.4 Å². The number of rotatable bonds is 6. The lowest BCUT2D eigenvalue weighted by atomic mass is 10.2. The maximum Gasteiger partial charge on any atom is 0.310 e. The highest BCUT2D eigenvalue weighted by atomic mass is 16.6. The lowest BCUT2D eigenvalue weighted by Crippen LogP contribution is -2.31. The predicted molar refractivity (Wildman–Crippen MR) is 95.1 cm³/mol. The van der Waals surface area contributed by atoms with E-state index in [1.165, 1.54) is 12.1 Å². The van der Waals surface area contributed by atoms with Gasteiger partial charge in [0.25, 0.3) is 0 Å². The standard InChI is InChI=1S/C16H14N6O3/c17-16-15(20-18-11-6-2-1-3-7-11)12(19-21-16)10-25-14-9-5-4-8-13(14)22(23)24/h1-9,18H,10H2,(H2,17,20,21). The maximum absolute atomic E-state index is 11.0. The van der Waals surface area contributed by atoms with Gasteiger partial charge in [0.05, 0.1) is 10.6 Å². The molecule has 126 valence electrons. The molecule has 1 aliphatic rings. The van der Waals surface area contributed by atoms with Gasteiger partial charge in [0.1, 0.15) is 12.3 Å². The van der Waals surface area contributed by atoms with Gasteiger partial charge in [-0.25, -0.2) is 0 Å². The molecule has 3 N–H and O–H groups in total. The highest BCUT2D eigenvalue weighted by Crippen LogP contribution is 2.25. The summed E-state index contributed by atoms with van der Waals surface area (Å²) < 4.78 is 5.50. The molecule has 2 aromatic carbocycles. The Morgan fingerprint density at radius 2 is 1.84 bits per heavy atom. The molecule has 0 saturated carbocycles. The number of nitrogens with one attached hydrogen (secondary N) is 1. The van der Waals surface area contributed by atoms with E-state index < -0.39 is 4.92 Å². The molecule has 0 saturated heterocycles. The van der Waals surface area contributed by atoms with Crippen molar-refractivity contribution >= 4 is 28.6 Å². The van der Waals surface area contributed by atoms with Crippen molar-refractivity contribution in [2.75, 3.05) is 12.0 Å². The minimum absolute atomic E-state index is 0.0512. The van der Waals surface area contributed by atoms with Crippen LogP contribution in [0.3, 0.4) is 0 Å². The van der Waals surface area contributed by atoms with Gasteiger partial charge in [-0.3, -0.25) is 15.5 Å². The van der Waals surface area contributed by atoms with Crippen LogP contribution in [0.15, 0.2) is 69.9 Å². The molecule has 25 heavy (non-hydrogen) atoms. The fourth-order valence-electron chi connectivity index (χ4n) is 2.09. The number of benzene rings is 2. The van der Waals surface area contributed by atoms with Crippen LogP contribution in [0.5, 0.6) is 5.75 Å². The normalized spacial score (nSPS) is 14.8. The van der Waals surface area contributed by atoms with Crippen LogP contribution >= 0.6 is 0 Å². The molecular formula is C16H14N6O3. The van der Waals surface area contributed by atoms with Gasteiger partial charge in [0.15, 0.2) is 17.3 Å². The third-order valence-corrected chi connectivity index (χ3v) is 3.29. The average molecular weight is 338 g/mol. The fourth-order valence-corrected chi connectivity index (χ4v) is 2.09. The molecule has 0 bridgehead atoms. The number of nitro groups is 1. The monoisotopic (exact) mass is 338 g/mol. The SMILES string of the molecule is NC1=NN=C(COc2ccccc2[N+](=O)[O-])/C1=N\Nc1ccccc1. The molecule has 0 fully saturated rings. The smallest absolute Gasteiger partial charge is 0.310 e. The fraction of sp³-hybridized carbons (Fsp3) is 0.0625. The molecule has 0 radical (unpaired) electrons. The number of nitro benzene ring substituents is 1. The van der Waals surface area contributed by atoms with E-state index in [1.54, 1.807) is 12.1 Å². The van der Waals surface area contributed by atoms with Crippen molar-refractivity contribution in [3.8, 4) is 5.75 Å². The summed E-state index contributed by atoms with van der Waals surface area (Å²) in [5, 5.41) is 22.9. The number of para-hydroxylation sites is 3. The highest BCUT2D eigenvalue weighted by molar-refractivity contribution is 6.69. The van der Waals surface area contributed by atoms with Crippen LogP contribution < -0.4 is 15.9 Å². The molecule has 0 spiro atoms. The second kappa shape index (κ2) is 7.21. The van der Waals surface area contributed by atoms with Crippen LogP contribution in [0.25, 0.3) is 0 Å². The number of hydrazone groups is 1. The maximum atomic E-state index is 11.0. The Hall–Kier alpha value is -3.75. The van der Waals surface area contributed by atoms with Crippen molar-refractivity contribution in [2.45, 2.75) is 0 Å². The van der Waals surface area contributed by atoms with Gasteiger partial charge in [-0.1, -0.05) is 30.3 Å². The van der Waals surface area contributed by atoms with Crippen molar-refractivity contribution in [1.29, 1.82) is 0 Å². The summed E-state index contributed by atoms with van der Waals surface area (Å²) in [7, 11) is 0. The van der Waals surface area contributed by atoms with Crippen LogP contribution in [0, 0.1) is 10.1 Å². The van der Waals surface area contributed by atoms with Gasteiger partial charge in [-0.2, -0.15) is 5.10 Å². The van der Waals surface area contributed by atoms with Crippen LogP contribution in [0.2, 0.25) is 0 Å². The largest absolute Gasteiger partial charge is 0.480 e. The number of hydrogen-bond acceptors (Lipinski definition) is 8. The molecule has 1 aliphatic heterocycles. The average Bonchev–Trinajstić information content (AvgIpc) is 2.99. The van der Waals surface area contributed by atoms with Gasteiger partial charge >= 0.3 is 5.69 Å². The van der Waals surface area contributed by atoms with E-state index in [1.807, 2.05) is 30.3 Å². The summed E-state index contributed by atoms with van der Waals surface area (Å²) in [6, 6.07) is 15.4. The van der Waals surface area contributed by atoms with Crippen molar-refractivity contribution in [2.24, 2.45) is 21.0 Å². The number of nitrogens with zero attached hydrogens (tertiary/aromatic N) is 4. The number of anilines is 1. The van der Waals surface area contributed by atoms with E-state index in [2.05, 4.69) is 20.7 Å². The first kappa shape index (κ1) is 16.1. The zero-order chi connectivity index (χ0) is 17.6. The van der Waals surface area contributed by atoms with E-state index in [0.717, 1.165) is 5.69 Å². The third-order valence-electron chi connectivity index (χ3n) is 3.29. The Morgan fingerprint density at radius 1 is 1.12 bits per heavy atom. The molecule has 3 rings (SSSR count). The molecule has 1 heterocycles. The quantitative estimate of drug-likeness (QED) is 0.616. The molecular weight excluding hydrogens is 324 g/mol. The minimum atomic E-state index is -0.511. The lowest BCUT2D eigenvalue weighted by Gasteiger charge is -2.07. The zero-order valence-electron chi connectivity index (χ0n) is 13.0. The summed E-state index contributed by atoms with van der Waals surface area (Å²) in [4.78, 5) is 10.5. The topological polar surface area (TPSA) is 128 Å². The minimum Gasteiger partial charge on any atom is -0.480 e. The summed E-state index contributed by atoms with van der Waals surface area (Å²) >= 11 is 0. The first-order valence-corrected chi connectivity index (χ1v) is 7.31. The van der Waals surface area contributed by atoms with E-state index in [-0.39, 0.29) is 23.9 Å². The first-order valence-electron chi connectivity index (χ1n) is 7.31. The van der Waals surface area contributed by atoms with Gasteiger partial charge in [0, 0.05) is 6.07 Å². The van der Waals surface area contributed by atoms with E-state index in [0.29, 0.717) is 11.4 Å². The van der Waals surface area contributed by atoms with Crippen LogP contribution in [-0.4, -0.2) is 28.8 Å². The zero-order valence-corrected chi connectivity index (χ0v) is 13.0. The molecule has 0 unspecified atom stereocenters. The van der Waals surface area contributed by atoms with Gasteiger partial charge in [-0.05, 0) is 18.2 Å². The molecule has 9 heteroatoms. The molecule has 9 nitrogen and oxygen atoms in total. The predicted octanol–water partition coefficient (Wildman–Crippen LogP) is 2.17. The number of amidine groups is 1. The number of nitrogens with two attached hydrogens (primary N) is 1. The highest BCUT2D eigenvalue weighted by Gasteiger charge is 2.22. The van der Waals surface area contributed by atoms with Crippen molar-refractivity contribution < 1.29 is 9.66 Å². The molecule has 0 aliphatic carbocycles. The third kappa shape index (κ3) is 3.78. The molecule has 0 atom stereocenters. The Morgan fingerprint density at radius 3 is 2.60 bits per heavy atom.